The fraction of sp³-hybridized carbons (Fsp3) is 0.706. The van der Waals surface area contributed by atoms with Crippen molar-refractivity contribution in [1.29, 1.82) is 0 Å². The highest BCUT2D eigenvalue weighted by Gasteiger charge is 2.29. The molecule has 8 nitrogen and oxygen atoms in total. The van der Waals surface area contributed by atoms with E-state index in [0.717, 1.165) is 18.5 Å². The monoisotopic (exact) mass is 349 g/mol. The first-order chi connectivity index (χ1) is 12.2. The summed E-state index contributed by atoms with van der Waals surface area (Å²) < 4.78 is 5.28. The van der Waals surface area contributed by atoms with Crippen LogP contribution >= 0.6 is 0 Å². The molecule has 1 aromatic heterocycles. The SMILES string of the molecule is CC[C@@H](NC(=O)N1CCC(c2ccn[nH]2)CC1)C(=O)N1CCOCC1. The van der Waals surface area contributed by atoms with Crippen LogP contribution in [0.1, 0.15) is 37.8 Å². The number of morpholine rings is 1. The van der Waals surface area contributed by atoms with Gasteiger partial charge >= 0.3 is 6.03 Å². The molecule has 1 atom stereocenters. The molecule has 3 heterocycles. The summed E-state index contributed by atoms with van der Waals surface area (Å²) in [7, 11) is 0. The molecule has 3 rings (SSSR count). The maximum absolute atomic E-state index is 12.6. The molecule has 2 aliphatic rings. The highest BCUT2D eigenvalue weighted by atomic mass is 16.5. The zero-order valence-corrected chi connectivity index (χ0v) is 14.7. The number of carbonyl (C=O) groups is 2. The number of carbonyl (C=O) groups excluding carboxylic acids is 2. The molecule has 0 radical (unpaired) electrons. The van der Waals surface area contributed by atoms with Crippen molar-refractivity contribution < 1.29 is 14.3 Å². The number of amides is 3. The molecule has 3 amide bonds. The van der Waals surface area contributed by atoms with Crippen molar-refractivity contribution in [1.82, 2.24) is 25.3 Å². The van der Waals surface area contributed by atoms with Crippen molar-refractivity contribution in [2.24, 2.45) is 0 Å². The lowest BCUT2D eigenvalue weighted by Gasteiger charge is -2.34. The first-order valence-electron chi connectivity index (χ1n) is 9.10. The third-order valence-electron chi connectivity index (χ3n) is 5.07. The Hall–Kier alpha value is -2.09. The van der Waals surface area contributed by atoms with Crippen LogP contribution in [0.25, 0.3) is 0 Å². The Bertz CT molecular complexity index is 563. The van der Waals surface area contributed by atoms with E-state index in [1.807, 2.05) is 17.9 Å². The summed E-state index contributed by atoms with van der Waals surface area (Å²) in [6.45, 7) is 5.64. The molecular formula is C17H27N5O3. The number of nitrogens with one attached hydrogen (secondary N) is 2. The van der Waals surface area contributed by atoms with Gasteiger partial charge in [0, 0.05) is 44.0 Å². The van der Waals surface area contributed by atoms with Crippen LogP contribution in [0.15, 0.2) is 12.3 Å². The van der Waals surface area contributed by atoms with E-state index >= 15 is 0 Å². The molecule has 8 heteroatoms. The van der Waals surface area contributed by atoms with Gasteiger partial charge in [-0.15, -0.1) is 0 Å². The zero-order valence-electron chi connectivity index (χ0n) is 14.7. The Balaban J connectivity index is 1.49. The smallest absolute Gasteiger partial charge is 0.318 e. The van der Waals surface area contributed by atoms with E-state index in [9.17, 15) is 9.59 Å². The molecule has 25 heavy (non-hydrogen) atoms. The molecule has 0 saturated carbocycles. The van der Waals surface area contributed by atoms with Crippen molar-refractivity contribution >= 4 is 11.9 Å². The molecule has 1 aromatic rings. The average molecular weight is 349 g/mol. The average Bonchev–Trinajstić information content (AvgIpc) is 3.21. The van der Waals surface area contributed by atoms with E-state index in [4.69, 9.17) is 4.74 Å². The lowest BCUT2D eigenvalue weighted by Crippen LogP contribution is -2.54. The van der Waals surface area contributed by atoms with Gasteiger partial charge in [0.25, 0.3) is 0 Å². The van der Waals surface area contributed by atoms with Crippen LogP contribution in [-0.4, -0.2) is 77.4 Å². The topological polar surface area (TPSA) is 90.6 Å². The number of rotatable bonds is 4. The number of hydrogen-bond donors (Lipinski definition) is 2. The molecular weight excluding hydrogens is 322 g/mol. The molecule has 0 aliphatic carbocycles. The Morgan fingerprint density at radius 2 is 2.00 bits per heavy atom. The van der Waals surface area contributed by atoms with Gasteiger partial charge in [-0.25, -0.2) is 4.79 Å². The molecule has 0 spiro atoms. The molecule has 2 fully saturated rings. The van der Waals surface area contributed by atoms with Gasteiger partial charge in [-0.3, -0.25) is 9.89 Å². The van der Waals surface area contributed by atoms with Gasteiger partial charge in [-0.2, -0.15) is 5.10 Å². The first-order valence-corrected chi connectivity index (χ1v) is 9.10. The second-order valence-corrected chi connectivity index (χ2v) is 6.62. The Labute approximate surface area is 147 Å². The minimum Gasteiger partial charge on any atom is -0.378 e. The number of aromatic nitrogens is 2. The van der Waals surface area contributed by atoms with Crippen LogP contribution in [0, 0.1) is 0 Å². The van der Waals surface area contributed by atoms with Gasteiger partial charge in [0.1, 0.15) is 6.04 Å². The molecule has 138 valence electrons. The van der Waals surface area contributed by atoms with E-state index in [2.05, 4.69) is 15.5 Å². The third kappa shape index (κ3) is 4.31. The third-order valence-corrected chi connectivity index (χ3v) is 5.07. The highest BCUT2D eigenvalue weighted by molar-refractivity contribution is 5.87. The normalized spacial score (nSPS) is 20.4. The summed E-state index contributed by atoms with van der Waals surface area (Å²) in [5, 5.41) is 9.93. The van der Waals surface area contributed by atoms with Crippen LogP contribution in [0.2, 0.25) is 0 Å². The van der Waals surface area contributed by atoms with Crippen LogP contribution < -0.4 is 5.32 Å². The number of nitrogens with zero attached hydrogens (tertiary/aromatic N) is 3. The number of urea groups is 1. The van der Waals surface area contributed by atoms with E-state index in [1.54, 1.807) is 11.1 Å². The Morgan fingerprint density at radius 3 is 2.60 bits per heavy atom. The standard InChI is InChI=1S/C17H27N5O3/c1-2-14(16(23)21-9-11-25-12-10-21)19-17(24)22-7-4-13(5-8-22)15-3-6-18-20-15/h3,6,13-14H,2,4-5,7-12H2,1H3,(H,18,20)(H,19,24)/t14-/m1/s1. The molecule has 0 unspecified atom stereocenters. The lowest BCUT2D eigenvalue weighted by molar-refractivity contribution is -0.137. The minimum atomic E-state index is -0.462. The van der Waals surface area contributed by atoms with Crippen molar-refractivity contribution in [2.45, 2.75) is 38.1 Å². The second kappa shape index (κ2) is 8.33. The highest BCUT2D eigenvalue weighted by Crippen LogP contribution is 2.26. The molecule has 0 aromatic carbocycles. The number of piperidine rings is 1. The fourth-order valence-corrected chi connectivity index (χ4v) is 3.47. The fourth-order valence-electron chi connectivity index (χ4n) is 3.47. The summed E-state index contributed by atoms with van der Waals surface area (Å²) in [5.74, 6) is 0.412. The zero-order chi connectivity index (χ0) is 17.6. The van der Waals surface area contributed by atoms with Crippen LogP contribution in [0.4, 0.5) is 4.79 Å². The second-order valence-electron chi connectivity index (χ2n) is 6.62. The number of hydrogen-bond acceptors (Lipinski definition) is 4. The van der Waals surface area contributed by atoms with Crippen molar-refractivity contribution in [3.05, 3.63) is 18.0 Å². The number of ether oxygens (including phenoxy) is 1. The van der Waals surface area contributed by atoms with Crippen LogP contribution in [-0.2, 0) is 9.53 Å². The largest absolute Gasteiger partial charge is 0.378 e. The van der Waals surface area contributed by atoms with Gasteiger partial charge in [0.2, 0.25) is 5.91 Å². The van der Waals surface area contributed by atoms with Gasteiger partial charge < -0.3 is 19.9 Å². The van der Waals surface area contributed by atoms with E-state index in [-0.39, 0.29) is 11.9 Å². The number of H-pyrrole nitrogens is 1. The van der Waals surface area contributed by atoms with Crippen molar-refractivity contribution in [2.75, 3.05) is 39.4 Å². The number of aromatic amines is 1. The Morgan fingerprint density at radius 1 is 1.28 bits per heavy atom. The van der Waals surface area contributed by atoms with Crippen molar-refractivity contribution in [3.63, 3.8) is 0 Å². The lowest BCUT2D eigenvalue weighted by atomic mass is 9.94. The van der Waals surface area contributed by atoms with Gasteiger partial charge in [-0.1, -0.05) is 6.92 Å². The van der Waals surface area contributed by atoms with Gasteiger partial charge in [0.05, 0.1) is 13.2 Å². The minimum absolute atomic E-state index is 0.00787. The summed E-state index contributed by atoms with van der Waals surface area (Å²) in [4.78, 5) is 28.7. The molecule has 0 bridgehead atoms. The van der Waals surface area contributed by atoms with Crippen LogP contribution in [0.3, 0.4) is 0 Å². The number of likely N-dealkylation sites (tertiary alicyclic amines) is 1. The summed E-state index contributed by atoms with van der Waals surface area (Å²) in [6, 6.07) is 1.39. The predicted molar refractivity (Wildman–Crippen MR) is 92.1 cm³/mol. The summed E-state index contributed by atoms with van der Waals surface area (Å²) >= 11 is 0. The predicted octanol–water partition coefficient (Wildman–Crippen LogP) is 0.936. The summed E-state index contributed by atoms with van der Waals surface area (Å²) in [6.07, 6.45) is 4.16. The molecule has 2 N–H and O–H groups in total. The maximum atomic E-state index is 12.6. The molecule has 2 saturated heterocycles. The van der Waals surface area contributed by atoms with Gasteiger partial charge in [0.15, 0.2) is 0 Å². The molecule has 2 aliphatic heterocycles. The maximum Gasteiger partial charge on any atom is 0.318 e. The van der Waals surface area contributed by atoms with Crippen LogP contribution in [0.5, 0.6) is 0 Å². The van der Waals surface area contributed by atoms with Crippen molar-refractivity contribution in [3.8, 4) is 0 Å². The Kier molecular flexibility index (Phi) is 5.91. The van der Waals surface area contributed by atoms with E-state index < -0.39 is 6.04 Å². The summed E-state index contributed by atoms with van der Waals surface area (Å²) in [5.41, 5.74) is 1.13. The van der Waals surface area contributed by atoms with Gasteiger partial charge in [-0.05, 0) is 25.3 Å². The van der Waals surface area contributed by atoms with E-state index in [0.29, 0.717) is 51.7 Å². The van der Waals surface area contributed by atoms with E-state index in [1.165, 1.54) is 0 Å². The first kappa shape index (κ1) is 17.7. The quantitative estimate of drug-likeness (QED) is 0.846.